The van der Waals surface area contributed by atoms with Gasteiger partial charge in [0.15, 0.2) is 5.75 Å². The zero-order valence-electron chi connectivity index (χ0n) is 15.5. The van der Waals surface area contributed by atoms with Crippen molar-refractivity contribution in [2.45, 2.75) is 27.4 Å². The molecule has 0 radical (unpaired) electrons. The minimum atomic E-state index is -0.984. The fourth-order valence-electron chi connectivity index (χ4n) is 2.47. The number of ether oxygens (including phenoxy) is 2. The van der Waals surface area contributed by atoms with E-state index in [4.69, 9.17) is 32.7 Å². The van der Waals surface area contributed by atoms with E-state index in [0.717, 1.165) is 5.56 Å². The maximum Gasteiger partial charge on any atom is 0.335 e. The zero-order valence-corrected chi connectivity index (χ0v) is 17.0. The van der Waals surface area contributed by atoms with Gasteiger partial charge in [-0.1, -0.05) is 67.4 Å². The van der Waals surface area contributed by atoms with Gasteiger partial charge in [-0.15, -0.1) is 0 Å². The molecule has 2 aromatic rings. The van der Waals surface area contributed by atoms with Crippen LogP contribution in [-0.2, 0) is 11.4 Å². The first-order valence-corrected chi connectivity index (χ1v) is 9.31. The Labute approximate surface area is 169 Å². The van der Waals surface area contributed by atoms with Crippen molar-refractivity contribution in [1.82, 2.24) is 0 Å². The van der Waals surface area contributed by atoms with E-state index in [1.54, 1.807) is 37.3 Å². The Hall–Kier alpha value is -2.17. The van der Waals surface area contributed by atoms with Gasteiger partial charge in [-0.05, 0) is 24.0 Å². The highest BCUT2D eigenvalue weighted by molar-refractivity contribution is 6.37. The van der Waals surface area contributed by atoms with Gasteiger partial charge in [0.05, 0.1) is 22.2 Å². The molecule has 0 aliphatic carbocycles. The fraction of sp³-hybridized carbons (Fsp3) is 0.286. The van der Waals surface area contributed by atoms with E-state index in [1.807, 2.05) is 26.0 Å². The minimum absolute atomic E-state index is 0.180. The summed E-state index contributed by atoms with van der Waals surface area (Å²) in [6.45, 7) is 6.45. The van der Waals surface area contributed by atoms with E-state index in [-0.39, 0.29) is 12.2 Å². The van der Waals surface area contributed by atoms with E-state index >= 15 is 0 Å². The van der Waals surface area contributed by atoms with Crippen molar-refractivity contribution < 1.29 is 19.4 Å². The molecule has 0 saturated carbocycles. The molecule has 0 atom stereocenters. The molecule has 4 nitrogen and oxygen atoms in total. The number of hydrogen-bond acceptors (Lipinski definition) is 3. The van der Waals surface area contributed by atoms with Crippen LogP contribution in [0.4, 0.5) is 0 Å². The Balaban J connectivity index is 2.20. The monoisotopic (exact) mass is 408 g/mol. The molecule has 0 saturated heterocycles. The molecule has 2 aromatic carbocycles. The van der Waals surface area contributed by atoms with E-state index in [1.165, 1.54) is 0 Å². The lowest BCUT2D eigenvalue weighted by Gasteiger charge is -2.15. The van der Waals surface area contributed by atoms with Crippen LogP contribution in [-0.4, -0.2) is 17.7 Å². The number of allylic oxidation sites excluding steroid dienone is 1. The van der Waals surface area contributed by atoms with Gasteiger partial charge >= 0.3 is 5.97 Å². The smallest absolute Gasteiger partial charge is 0.335 e. The predicted octanol–water partition coefficient (Wildman–Crippen LogP) is 6.10. The molecule has 0 bridgehead atoms. The minimum Gasteiger partial charge on any atom is -0.490 e. The number of halogens is 2. The Morgan fingerprint density at radius 1 is 1.15 bits per heavy atom. The largest absolute Gasteiger partial charge is 0.490 e. The summed E-state index contributed by atoms with van der Waals surface area (Å²) in [6, 6.07) is 10.5. The second kappa shape index (κ2) is 9.67. The maximum absolute atomic E-state index is 11.4. The quantitative estimate of drug-likeness (QED) is 0.536. The lowest BCUT2D eigenvalue weighted by atomic mass is 10.00. The molecule has 0 heterocycles. The molecular formula is C21H22Cl2O4. The Morgan fingerprint density at radius 2 is 1.78 bits per heavy atom. The van der Waals surface area contributed by atoms with Gasteiger partial charge in [-0.3, -0.25) is 0 Å². The first-order valence-electron chi connectivity index (χ1n) is 8.56. The average molecular weight is 409 g/mol. The van der Waals surface area contributed by atoms with Crippen molar-refractivity contribution in [3.05, 3.63) is 63.6 Å². The van der Waals surface area contributed by atoms with Gasteiger partial charge < -0.3 is 14.6 Å². The number of benzene rings is 2. The van der Waals surface area contributed by atoms with Gasteiger partial charge in [0.25, 0.3) is 0 Å². The Kier molecular flexibility index (Phi) is 7.57. The molecule has 1 N–H and O–H groups in total. The van der Waals surface area contributed by atoms with Crippen LogP contribution < -0.4 is 9.47 Å². The Morgan fingerprint density at radius 3 is 2.33 bits per heavy atom. The van der Waals surface area contributed by atoms with Crippen molar-refractivity contribution in [3.8, 4) is 11.5 Å². The standard InChI is InChI=1S/C21H22Cl2O4/c1-4-16(21(24)25)17-8-6-5-7-14(17)12-26-15-9-18(22)20(19(23)10-15)27-11-13(2)3/h4-10,13H,11-12H2,1-3H3,(H,24,25)/b16-4+. The van der Waals surface area contributed by atoms with Crippen molar-refractivity contribution in [3.63, 3.8) is 0 Å². The third kappa shape index (κ3) is 5.65. The molecule has 0 aromatic heterocycles. The summed E-state index contributed by atoms with van der Waals surface area (Å²) in [7, 11) is 0. The molecule has 2 rings (SSSR count). The van der Waals surface area contributed by atoms with Crippen LogP contribution in [0.25, 0.3) is 5.57 Å². The van der Waals surface area contributed by atoms with Crippen molar-refractivity contribution in [2.75, 3.05) is 6.61 Å². The van der Waals surface area contributed by atoms with E-state index < -0.39 is 5.97 Å². The maximum atomic E-state index is 11.4. The second-order valence-electron chi connectivity index (χ2n) is 6.37. The molecule has 0 aliphatic rings. The normalized spacial score (nSPS) is 11.6. The van der Waals surface area contributed by atoms with Gasteiger partial charge in [0.1, 0.15) is 12.4 Å². The molecule has 144 valence electrons. The summed E-state index contributed by atoms with van der Waals surface area (Å²) in [6.07, 6.45) is 1.57. The lowest BCUT2D eigenvalue weighted by molar-refractivity contribution is -0.130. The molecule has 6 heteroatoms. The number of hydrogen-bond donors (Lipinski definition) is 1. The zero-order chi connectivity index (χ0) is 20.0. The summed E-state index contributed by atoms with van der Waals surface area (Å²) in [5.74, 6) is 0.276. The molecule has 0 unspecified atom stereocenters. The van der Waals surface area contributed by atoms with Crippen LogP contribution in [0.15, 0.2) is 42.5 Å². The summed E-state index contributed by atoms with van der Waals surface area (Å²) in [4.78, 5) is 11.4. The number of carbonyl (C=O) groups is 1. The second-order valence-corrected chi connectivity index (χ2v) is 7.19. The van der Waals surface area contributed by atoms with Crippen molar-refractivity contribution >= 4 is 34.7 Å². The summed E-state index contributed by atoms with van der Waals surface area (Å²) in [5, 5.41) is 10.1. The molecule has 27 heavy (non-hydrogen) atoms. The van der Waals surface area contributed by atoms with Gasteiger partial charge in [-0.25, -0.2) is 4.79 Å². The van der Waals surface area contributed by atoms with Crippen LogP contribution in [0.5, 0.6) is 11.5 Å². The van der Waals surface area contributed by atoms with Gasteiger partial charge in [0.2, 0.25) is 0 Å². The van der Waals surface area contributed by atoms with Crippen LogP contribution >= 0.6 is 23.2 Å². The van der Waals surface area contributed by atoms with Crippen LogP contribution in [0.1, 0.15) is 31.9 Å². The van der Waals surface area contributed by atoms with Crippen LogP contribution in [0.2, 0.25) is 10.0 Å². The summed E-state index contributed by atoms with van der Waals surface area (Å²) >= 11 is 12.5. The molecule has 0 spiro atoms. The predicted molar refractivity (Wildman–Crippen MR) is 109 cm³/mol. The lowest BCUT2D eigenvalue weighted by Crippen LogP contribution is -2.06. The number of carboxylic acids is 1. The molecule has 0 fully saturated rings. The number of carboxylic acid groups (broad SMARTS) is 1. The first kappa shape index (κ1) is 21.1. The number of rotatable bonds is 8. The van der Waals surface area contributed by atoms with Crippen LogP contribution in [0.3, 0.4) is 0 Å². The third-order valence-electron chi connectivity index (χ3n) is 3.75. The number of aliphatic carboxylic acids is 1. The van der Waals surface area contributed by atoms with Gasteiger partial charge in [-0.2, -0.15) is 0 Å². The van der Waals surface area contributed by atoms with Crippen molar-refractivity contribution in [2.24, 2.45) is 5.92 Å². The van der Waals surface area contributed by atoms with Crippen molar-refractivity contribution in [1.29, 1.82) is 0 Å². The highest BCUT2D eigenvalue weighted by atomic mass is 35.5. The summed E-state index contributed by atoms with van der Waals surface area (Å²) < 4.78 is 11.5. The Bertz CT molecular complexity index is 821. The highest BCUT2D eigenvalue weighted by Crippen LogP contribution is 2.37. The topological polar surface area (TPSA) is 55.8 Å². The van der Waals surface area contributed by atoms with E-state index in [2.05, 4.69) is 0 Å². The molecular weight excluding hydrogens is 387 g/mol. The SMILES string of the molecule is C/C=C(/C(=O)O)c1ccccc1COc1cc(Cl)c(OCC(C)C)c(Cl)c1. The van der Waals surface area contributed by atoms with Gasteiger partial charge in [0, 0.05) is 12.1 Å². The molecule has 0 amide bonds. The van der Waals surface area contributed by atoms with E-state index in [9.17, 15) is 9.90 Å². The third-order valence-corrected chi connectivity index (χ3v) is 4.32. The highest BCUT2D eigenvalue weighted by Gasteiger charge is 2.15. The molecule has 0 aliphatic heterocycles. The summed E-state index contributed by atoms with van der Waals surface area (Å²) in [5.41, 5.74) is 1.59. The average Bonchev–Trinajstić information content (AvgIpc) is 2.60. The fourth-order valence-corrected chi connectivity index (χ4v) is 3.05. The first-order chi connectivity index (χ1) is 12.8. The van der Waals surface area contributed by atoms with E-state index in [0.29, 0.717) is 39.6 Å². The van der Waals surface area contributed by atoms with Crippen LogP contribution in [0, 0.1) is 5.92 Å².